The van der Waals surface area contributed by atoms with Gasteiger partial charge in [-0.05, 0) is 52.4 Å². The Balaban J connectivity index is 3.71. The van der Waals surface area contributed by atoms with Crippen molar-refractivity contribution in [1.82, 2.24) is 26.6 Å². The number of carbonyl (C=O) groups is 8. The highest BCUT2D eigenvalue weighted by Gasteiger charge is 2.39. The van der Waals surface area contributed by atoms with Crippen LogP contribution in [0.2, 0.25) is 0 Å². The molecule has 0 radical (unpaired) electrons. The Morgan fingerprint density at radius 3 is 2.02 bits per heavy atom. The molecule has 1 saturated heterocycles. The van der Waals surface area contributed by atoms with Crippen LogP contribution in [0.1, 0.15) is 93.9 Å². The number of aliphatic hydroxyl groups is 2. The summed E-state index contributed by atoms with van der Waals surface area (Å²) in [6, 6.07) is -7.54. The summed E-state index contributed by atoms with van der Waals surface area (Å²) >= 11 is 0. The third-order valence-corrected chi connectivity index (χ3v) is 8.86. The van der Waals surface area contributed by atoms with Gasteiger partial charge in [0.15, 0.2) is 5.78 Å². The zero-order valence-electron chi connectivity index (χ0n) is 31.2. The molecule has 0 saturated carbocycles. The van der Waals surface area contributed by atoms with Gasteiger partial charge in [-0.2, -0.15) is 0 Å². The fourth-order valence-corrected chi connectivity index (χ4v) is 5.41. The molecule has 0 aromatic carbocycles. The maximum Gasteiger partial charge on any atom is 0.328 e. The first-order chi connectivity index (χ1) is 24.1. The Morgan fingerprint density at radius 2 is 1.50 bits per heavy atom. The van der Waals surface area contributed by atoms with E-state index >= 15 is 0 Å². The zero-order valence-corrected chi connectivity index (χ0v) is 31.2. The SMILES string of the molecule is CCC(C)C1CC(=O)C(NC(=O)CC(O)CCC(C)=N)C(C)OC(=O)C(C)NC(=O)C(CC(N)=O)NC(=O)C(C(C)O)NC(=O)C(C(C)C)NC1=O. The largest absolute Gasteiger partial charge is 0.458 e. The number of hydrogen-bond acceptors (Lipinski definition) is 12. The number of cyclic esters (lactones) is 1. The Hall–Kier alpha value is -4.45. The van der Waals surface area contributed by atoms with Crippen LogP contribution < -0.4 is 32.3 Å². The van der Waals surface area contributed by atoms with Gasteiger partial charge in [0.25, 0.3) is 0 Å². The zero-order chi connectivity index (χ0) is 40.0. The van der Waals surface area contributed by atoms with Crippen LogP contribution >= 0.6 is 0 Å². The first kappa shape index (κ1) is 45.6. The summed E-state index contributed by atoms with van der Waals surface area (Å²) in [5, 5.41) is 40.4. The molecule has 18 nitrogen and oxygen atoms in total. The van der Waals surface area contributed by atoms with Crippen LogP contribution in [0, 0.1) is 23.2 Å². The van der Waals surface area contributed by atoms with Gasteiger partial charge in [0.05, 0.1) is 25.0 Å². The van der Waals surface area contributed by atoms with Crippen molar-refractivity contribution in [3.05, 3.63) is 0 Å². The predicted molar refractivity (Wildman–Crippen MR) is 187 cm³/mol. The van der Waals surface area contributed by atoms with E-state index in [9.17, 15) is 48.6 Å². The topological polar surface area (TPSA) is 296 Å². The number of amides is 6. The Labute approximate surface area is 304 Å². The van der Waals surface area contributed by atoms with Crippen molar-refractivity contribution in [1.29, 1.82) is 5.41 Å². The van der Waals surface area contributed by atoms with Crippen LogP contribution in [-0.2, 0) is 43.1 Å². The molecule has 1 heterocycles. The second-order valence-electron chi connectivity index (χ2n) is 13.9. The number of aliphatic hydroxyl groups excluding tert-OH is 2. The molecule has 1 fully saturated rings. The Morgan fingerprint density at radius 1 is 0.923 bits per heavy atom. The van der Waals surface area contributed by atoms with Crippen LogP contribution in [0.3, 0.4) is 0 Å². The summed E-state index contributed by atoms with van der Waals surface area (Å²) in [5.41, 5.74) is 5.60. The van der Waals surface area contributed by atoms with Gasteiger partial charge >= 0.3 is 5.97 Å². The smallest absolute Gasteiger partial charge is 0.328 e. The Kier molecular flexibility index (Phi) is 18.5. The fourth-order valence-electron chi connectivity index (χ4n) is 5.41. The first-order valence-electron chi connectivity index (χ1n) is 17.5. The lowest BCUT2D eigenvalue weighted by Crippen LogP contribution is -2.61. The summed E-state index contributed by atoms with van der Waals surface area (Å²) in [7, 11) is 0. The summed E-state index contributed by atoms with van der Waals surface area (Å²) in [6.07, 6.45) is -4.89. The molecule has 10 unspecified atom stereocenters. The van der Waals surface area contributed by atoms with Gasteiger partial charge in [0.1, 0.15) is 36.3 Å². The van der Waals surface area contributed by atoms with E-state index in [0.29, 0.717) is 12.1 Å². The van der Waals surface area contributed by atoms with Crippen LogP contribution in [0.25, 0.3) is 0 Å². The highest BCUT2D eigenvalue weighted by molar-refractivity contribution is 5.98. The van der Waals surface area contributed by atoms with E-state index in [1.807, 2.05) is 0 Å². The molecule has 6 amide bonds. The molecule has 1 aliphatic rings. The van der Waals surface area contributed by atoms with Crippen LogP contribution in [0.5, 0.6) is 0 Å². The van der Waals surface area contributed by atoms with E-state index in [1.165, 1.54) is 20.8 Å². The molecule has 0 spiro atoms. The molecule has 1 rings (SSSR count). The predicted octanol–water partition coefficient (Wildman–Crippen LogP) is -1.52. The third-order valence-electron chi connectivity index (χ3n) is 8.86. The van der Waals surface area contributed by atoms with Gasteiger partial charge in [-0.3, -0.25) is 33.6 Å². The second kappa shape index (κ2) is 21.2. The minimum Gasteiger partial charge on any atom is -0.458 e. The first-order valence-corrected chi connectivity index (χ1v) is 17.5. The summed E-state index contributed by atoms with van der Waals surface area (Å²) in [6.45, 7) is 12.0. The fraction of sp³-hybridized carbons (Fsp3) is 0.735. The Bertz CT molecular complexity index is 1340. The van der Waals surface area contributed by atoms with Crippen molar-refractivity contribution in [3.63, 3.8) is 0 Å². The van der Waals surface area contributed by atoms with Gasteiger partial charge in [-0.15, -0.1) is 0 Å². The number of carbonyl (C=O) groups excluding carboxylic acids is 8. The number of ketones is 1. The third kappa shape index (κ3) is 14.7. The molecule has 18 heteroatoms. The van der Waals surface area contributed by atoms with Crippen molar-refractivity contribution < 1.29 is 53.3 Å². The number of rotatable bonds is 12. The van der Waals surface area contributed by atoms with Gasteiger partial charge in [0.2, 0.25) is 35.4 Å². The number of esters is 1. The van der Waals surface area contributed by atoms with Crippen LogP contribution in [0.4, 0.5) is 0 Å². The van der Waals surface area contributed by atoms with Gasteiger partial charge in [0, 0.05) is 18.1 Å². The average Bonchev–Trinajstić information content (AvgIpc) is 3.04. The molecule has 0 aliphatic carbocycles. The lowest BCUT2D eigenvalue weighted by atomic mass is 9.84. The molecule has 10 N–H and O–H groups in total. The van der Waals surface area contributed by atoms with Crippen molar-refractivity contribution in [3.8, 4) is 0 Å². The number of hydrogen-bond donors (Lipinski definition) is 9. The van der Waals surface area contributed by atoms with Gasteiger partial charge in [-0.1, -0.05) is 34.1 Å². The van der Waals surface area contributed by atoms with E-state index in [2.05, 4.69) is 26.6 Å². The monoisotopic (exact) mass is 739 g/mol. The van der Waals surface area contributed by atoms with Crippen LogP contribution in [-0.4, -0.2) is 112 Å². The highest BCUT2D eigenvalue weighted by Crippen LogP contribution is 2.23. The minimum absolute atomic E-state index is 0.110. The molecular formula is C34H57N7O11. The van der Waals surface area contributed by atoms with Crippen molar-refractivity contribution in [2.45, 2.75) is 142 Å². The molecule has 0 bridgehead atoms. The number of Topliss-reactive ketones (excluding diaryl/α,β-unsaturated/α-hetero) is 1. The molecule has 52 heavy (non-hydrogen) atoms. The van der Waals surface area contributed by atoms with E-state index in [1.54, 1.807) is 34.6 Å². The molecule has 1 aliphatic heterocycles. The molecule has 294 valence electrons. The van der Waals surface area contributed by atoms with Gasteiger partial charge in [-0.25, -0.2) is 4.79 Å². The maximum absolute atomic E-state index is 14.0. The summed E-state index contributed by atoms with van der Waals surface area (Å²) < 4.78 is 5.49. The van der Waals surface area contributed by atoms with E-state index in [4.69, 9.17) is 15.9 Å². The normalized spacial score (nSPS) is 27.6. The van der Waals surface area contributed by atoms with Crippen molar-refractivity contribution >= 4 is 52.9 Å². The number of ether oxygens (including phenoxy) is 1. The molecule has 0 aromatic rings. The highest BCUT2D eigenvalue weighted by atomic mass is 16.5. The van der Waals surface area contributed by atoms with Crippen LogP contribution in [0.15, 0.2) is 0 Å². The molecule has 10 atom stereocenters. The molecular weight excluding hydrogens is 682 g/mol. The lowest BCUT2D eigenvalue weighted by Gasteiger charge is -2.30. The van der Waals surface area contributed by atoms with E-state index in [0.717, 1.165) is 0 Å². The maximum atomic E-state index is 14.0. The summed E-state index contributed by atoms with van der Waals surface area (Å²) in [5.74, 6) is -9.25. The number of nitrogens with one attached hydrogen (secondary N) is 6. The standard InChI is InChI=1S/C34H57N7O11/c1-9-16(4)22-13-24(44)29(39-26(46)12-21(43)11-10-17(5)35)20(8)52-34(51)18(6)37-31(48)23(14-25(36)45)38-33(50)28(19(7)42)41-32(49)27(15(2)3)40-30(22)47/h15-16,18-23,27-29,35,42-43H,9-14H2,1-8H3,(H2,36,45)(H,37,48)(H,38,50)(H,39,46)(H,40,47)(H,41,49). The van der Waals surface area contributed by atoms with Gasteiger partial charge < -0.3 is 52.7 Å². The number of primary amides is 1. The van der Waals surface area contributed by atoms with E-state index in [-0.39, 0.29) is 12.8 Å². The molecule has 0 aromatic heterocycles. The second-order valence-corrected chi connectivity index (χ2v) is 13.9. The minimum atomic E-state index is -1.66. The average molecular weight is 740 g/mol. The van der Waals surface area contributed by atoms with Crippen molar-refractivity contribution in [2.24, 2.45) is 23.5 Å². The lowest BCUT2D eigenvalue weighted by molar-refractivity contribution is -0.155. The number of nitrogens with two attached hydrogens (primary N) is 1. The quantitative estimate of drug-likeness (QED) is 0.0818. The van der Waals surface area contributed by atoms with Crippen molar-refractivity contribution in [2.75, 3.05) is 0 Å². The van der Waals surface area contributed by atoms with E-state index < -0.39 is 133 Å². The summed E-state index contributed by atoms with van der Waals surface area (Å²) in [4.78, 5) is 106.